The largest absolute Gasteiger partial charge is 0.324 e. The Morgan fingerprint density at radius 1 is 1.00 bits per heavy atom. The molecule has 0 aliphatic rings. The molecule has 0 fully saturated rings. The van der Waals surface area contributed by atoms with Gasteiger partial charge in [-0.15, -0.1) is 0 Å². The zero-order chi connectivity index (χ0) is 22.9. The van der Waals surface area contributed by atoms with Gasteiger partial charge in [-0.1, -0.05) is 74.5 Å². The van der Waals surface area contributed by atoms with Gasteiger partial charge in [-0.25, -0.2) is 9.20 Å². The molecule has 0 aliphatic carbocycles. The number of fused-ring (bicyclic) bond motifs is 2. The summed E-state index contributed by atoms with van der Waals surface area (Å²) in [5.74, 6) is -0.0474. The van der Waals surface area contributed by atoms with Crippen molar-refractivity contribution in [2.24, 2.45) is 0 Å². The van der Waals surface area contributed by atoms with Crippen molar-refractivity contribution in [2.75, 3.05) is 5.32 Å². The second-order valence-corrected chi connectivity index (χ2v) is 8.27. The fourth-order valence-corrected chi connectivity index (χ4v) is 4.07. The zero-order valence-corrected chi connectivity index (χ0v) is 18.4. The Morgan fingerprint density at radius 2 is 1.76 bits per heavy atom. The molecule has 0 unspecified atom stereocenters. The minimum Gasteiger partial charge on any atom is -0.324 e. The highest BCUT2D eigenvalue weighted by atomic mass is 16.2. The Labute approximate surface area is 190 Å². The Kier molecular flexibility index (Phi) is 5.22. The first-order valence-corrected chi connectivity index (χ1v) is 10.8. The molecular formula is C26H23N5O2. The van der Waals surface area contributed by atoms with Crippen LogP contribution in [-0.2, 0) is 11.3 Å². The van der Waals surface area contributed by atoms with E-state index in [9.17, 15) is 9.59 Å². The van der Waals surface area contributed by atoms with Crippen molar-refractivity contribution in [3.8, 4) is 11.3 Å². The highest BCUT2D eigenvalue weighted by Gasteiger charge is 2.15. The van der Waals surface area contributed by atoms with E-state index in [2.05, 4.69) is 29.4 Å². The lowest BCUT2D eigenvalue weighted by Gasteiger charge is -2.13. The second-order valence-electron chi connectivity index (χ2n) is 8.27. The summed E-state index contributed by atoms with van der Waals surface area (Å²) in [5.41, 5.74) is 3.39. The lowest BCUT2D eigenvalue weighted by atomic mass is 10.0. The van der Waals surface area contributed by atoms with Gasteiger partial charge in [0.2, 0.25) is 5.91 Å². The maximum Gasteiger partial charge on any atom is 0.293 e. The quantitative estimate of drug-likeness (QED) is 0.440. The van der Waals surface area contributed by atoms with Gasteiger partial charge in [0.15, 0.2) is 0 Å². The predicted octanol–water partition coefficient (Wildman–Crippen LogP) is 4.47. The number of hydrogen-bond acceptors (Lipinski definition) is 4. The van der Waals surface area contributed by atoms with Crippen LogP contribution in [-0.4, -0.2) is 25.3 Å². The topological polar surface area (TPSA) is 81.3 Å². The highest BCUT2D eigenvalue weighted by Crippen LogP contribution is 2.28. The van der Waals surface area contributed by atoms with Gasteiger partial charge in [0.1, 0.15) is 18.4 Å². The summed E-state index contributed by atoms with van der Waals surface area (Å²) in [6.45, 7) is 3.95. The molecule has 0 aliphatic heterocycles. The highest BCUT2D eigenvalue weighted by molar-refractivity contribution is 5.96. The molecule has 7 heteroatoms. The number of para-hydroxylation sites is 1. The van der Waals surface area contributed by atoms with Gasteiger partial charge in [-0.2, -0.15) is 10.2 Å². The third-order valence-electron chi connectivity index (χ3n) is 5.71. The molecule has 5 rings (SSSR count). The van der Waals surface area contributed by atoms with E-state index in [4.69, 9.17) is 0 Å². The number of amides is 1. The first kappa shape index (κ1) is 20.6. The molecule has 2 aromatic heterocycles. The van der Waals surface area contributed by atoms with Crippen LogP contribution < -0.4 is 10.9 Å². The summed E-state index contributed by atoms with van der Waals surface area (Å²) in [6, 6.07) is 23.4. The molecule has 0 bridgehead atoms. The molecule has 1 N–H and O–H groups in total. The van der Waals surface area contributed by atoms with Crippen LogP contribution in [0, 0.1) is 0 Å². The summed E-state index contributed by atoms with van der Waals surface area (Å²) < 4.78 is 2.62. The van der Waals surface area contributed by atoms with E-state index in [0.29, 0.717) is 11.2 Å². The van der Waals surface area contributed by atoms with Gasteiger partial charge in [-0.05, 0) is 34.4 Å². The lowest BCUT2D eigenvalue weighted by molar-refractivity contribution is -0.117. The second kappa shape index (κ2) is 8.35. The molecule has 7 nitrogen and oxygen atoms in total. The van der Waals surface area contributed by atoms with Crippen LogP contribution >= 0.6 is 0 Å². The monoisotopic (exact) mass is 437 g/mol. The average Bonchev–Trinajstić information content (AvgIpc) is 3.26. The number of nitrogens with one attached hydrogen (secondary N) is 1. The van der Waals surface area contributed by atoms with E-state index in [1.165, 1.54) is 10.8 Å². The molecule has 164 valence electrons. The first-order chi connectivity index (χ1) is 16.0. The third-order valence-corrected chi connectivity index (χ3v) is 5.71. The Balaban J connectivity index is 1.46. The van der Waals surface area contributed by atoms with E-state index < -0.39 is 0 Å². The molecule has 0 radical (unpaired) electrons. The van der Waals surface area contributed by atoms with Gasteiger partial charge in [-0.3, -0.25) is 9.59 Å². The maximum absolute atomic E-state index is 13.1. The Bertz CT molecular complexity index is 1540. The van der Waals surface area contributed by atoms with Crippen LogP contribution in [0.1, 0.15) is 25.3 Å². The summed E-state index contributed by atoms with van der Waals surface area (Å²) in [6.07, 6.45) is 1.46. The SMILES string of the molecule is CC(C)c1ccccc1NC(=O)Cn1ncn2nc(-c3cccc4ccccc34)cc2c1=O. The number of carbonyl (C=O) groups is 1. The number of carbonyl (C=O) groups excluding carboxylic acids is 1. The van der Waals surface area contributed by atoms with Gasteiger partial charge >= 0.3 is 0 Å². The van der Waals surface area contributed by atoms with Crippen LogP contribution in [0.3, 0.4) is 0 Å². The van der Waals surface area contributed by atoms with Crippen molar-refractivity contribution in [1.82, 2.24) is 19.4 Å². The third kappa shape index (κ3) is 3.89. The molecule has 33 heavy (non-hydrogen) atoms. The minimum atomic E-state index is -0.371. The van der Waals surface area contributed by atoms with Crippen molar-refractivity contribution in [3.05, 3.63) is 95.0 Å². The first-order valence-electron chi connectivity index (χ1n) is 10.8. The molecule has 0 saturated carbocycles. The van der Waals surface area contributed by atoms with E-state index >= 15 is 0 Å². The average molecular weight is 438 g/mol. The van der Waals surface area contributed by atoms with Gasteiger partial charge in [0.25, 0.3) is 5.56 Å². The van der Waals surface area contributed by atoms with Crippen molar-refractivity contribution in [2.45, 2.75) is 26.3 Å². The van der Waals surface area contributed by atoms with Gasteiger partial charge in [0.05, 0.1) is 5.69 Å². The fraction of sp³-hybridized carbons (Fsp3) is 0.154. The van der Waals surface area contributed by atoms with Crippen molar-refractivity contribution < 1.29 is 4.79 Å². The minimum absolute atomic E-state index is 0.184. The summed E-state index contributed by atoms with van der Waals surface area (Å²) >= 11 is 0. The van der Waals surface area contributed by atoms with E-state index in [1.54, 1.807) is 6.07 Å². The van der Waals surface area contributed by atoms with Crippen LogP contribution in [0.5, 0.6) is 0 Å². The number of aromatic nitrogens is 4. The fourth-order valence-electron chi connectivity index (χ4n) is 4.07. The van der Waals surface area contributed by atoms with Gasteiger partial charge < -0.3 is 5.32 Å². The molecule has 0 spiro atoms. The van der Waals surface area contributed by atoms with Crippen LogP contribution in [0.2, 0.25) is 0 Å². The zero-order valence-electron chi connectivity index (χ0n) is 18.4. The molecular weight excluding hydrogens is 414 g/mol. The summed E-state index contributed by atoms with van der Waals surface area (Å²) in [5, 5.41) is 13.8. The number of nitrogens with zero attached hydrogens (tertiary/aromatic N) is 4. The van der Waals surface area contributed by atoms with Crippen molar-refractivity contribution in [3.63, 3.8) is 0 Å². The van der Waals surface area contributed by atoms with Crippen molar-refractivity contribution in [1.29, 1.82) is 0 Å². The summed E-state index contributed by atoms with van der Waals surface area (Å²) in [7, 11) is 0. The van der Waals surface area contributed by atoms with Crippen LogP contribution in [0.25, 0.3) is 27.5 Å². The lowest BCUT2D eigenvalue weighted by Crippen LogP contribution is -2.30. The predicted molar refractivity (Wildman–Crippen MR) is 129 cm³/mol. The number of hydrogen-bond donors (Lipinski definition) is 1. The smallest absolute Gasteiger partial charge is 0.293 e. The van der Waals surface area contributed by atoms with Crippen LogP contribution in [0.15, 0.2) is 83.9 Å². The summed E-state index contributed by atoms with van der Waals surface area (Å²) in [4.78, 5) is 25.7. The molecule has 3 aromatic carbocycles. The number of anilines is 1. The normalized spacial score (nSPS) is 11.4. The van der Waals surface area contributed by atoms with Crippen molar-refractivity contribution >= 4 is 27.9 Å². The standard InChI is InChI=1S/C26H23N5O2/c1-17(2)19-10-5-6-13-22(19)28-25(32)15-30-26(33)24-14-23(29-31(24)16-27-30)21-12-7-9-18-8-3-4-11-20(18)21/h3-14,16-17H,15H2,1-2H3,(H,28,32). The molecule has 0 saturated heterocycles. The molecule has 1 amide bonds. The maximum atomic E-state index is 13.1. The molecule has 5 aromatic rings. The van der Waals surface area contributed by atoms with Crippen LogP contribution in [0.4, 0.5) is 5.69 Å². The van der Waals surface area contributed by atoms with Gasteiger partial charge in [0, 0.05) is 11.3 Å². The Morgan fingerprint density at radius 3 is 2.61 bits per heavy atom. The van der Waals surface area contributed by atoms with E-state index in [1.807, 2.05) is 66.7 Å². The molecule has 2 heterocycles. The van der Waals surface area contributed by atoms with E-state index in [0.717, 1.165) is 32.3 Å². The molecule has 0 atom stereocenters. The number of rotatable bonds is 5. The van der Waals surface area contributed by atoms with E-state index in [-0.39, 0.29) is 23.9 Å². The Hall–Kier alpha value is -4.26. The number of benzene rings is 3.